The molecule has 3 heteroatoms. The van der Waals surface area contributed by atoms with E-state index in [0.29, 0.717) is 11.7 Å². The Labute approximate surface area is 91.4 Å². The first kappa shape index (κ1) is 11.6. The summed E-state index contributed by atoms with van der Waals surface area (Å²) in [5.41, 5.74) is 10.5. The molecule has 0 bridgehead atoms. The van der Waals surface area contributed by atoms with Gasteiger partial charge in [0.25, 0.3) is 0 Å². The van der Waals surface area contributed by atoms with Crippen LogP contribution in [0.15, 0.2) is 41.3 Å². The topological polar surface area (TPSA) is 50.4 Å². The summed E-state index contributed by atoms with van der Waals surface area (Å²) in [6.45, 7) is 9.58. The molecule has 0 aromatic carbocycles. The molecule has 0 fully saturated rings. The zero-order valence-electron chi connectivity index (χ0n) is 9.29. The summed E-state index contributed by atoms with van der Waals surface area (Å²) >= 11 is 0. The number of nitrogens with zero attached hydrogens (tertiary/aromatic N) is 1. The Hall–Kier alpha value is -1.51. The maximum atomic E-state index is 5.32. The summed E-state index contributed by atoms with van der Waals surface area (Å²) in [4.78, 5) is 0. The summed E-state index contributed by atoms with van der Waals surface area (Å²) in [5, 5.41) is 3.97. The van der Waals surface area contributed by atoms with Gasteiger partial charge in [0.15, 0.2) is 0 Å². The Bertz CT molecular complexity index is 313. The molecule has 0 spiro atoms. The van der Waals surface area contributed by atoms with Crippen molar-refractivity contribution in [3.63, 3.8) is 0 Å². The van der Waals surface area contributed by atoms with E-state index < -0.39 is 0 Å². The van der Waals surface area contributed by atoms with Crippen molar-refractivity contribution in [1.82, 2.24) is 5.43 Å². The molecule has 0 heterocycles. The molecule has 3 N–H and O–H groups in total. The molecule has 1 atom stereocenters. The summed E-state index contributed by atoms with van der Waals surface area (Å²) in [6.07, 6.45) is 7.32. The molecule has 0 aromatic heterocycles. The van der Waals surface area contributed by atoms with Crippen molar-refractivity contribution in [3.05, 3.63) is 36.2 Å². The van der Waals surface area contributed by atoms with Crippen molar-refractivity contribution in [3.8, 4) is 0 Å². The van der Waals surface area contributed by atoms with E-state index in [4.69, 9.17) is 5.73 Å². The van der Waals surface area contributed by atoms with Crippen molar-refractivity contribution >= 4 is 6.21 Å². The van der Waals surface area contributed by atoms with Crippen LogP contribution in [0.3, 0.4) is 0 Å². The van der Waals surface area contributed by atoms with E-state index in [2.05, 4.69) is 36.7 Å². The Balaban J connectivity index is 2.43. The smallest absolute Gasteiger partial charge is 0.109 e. The normalized spacial score (nSPS) is 21.1. The second-order valence-corrected chi connectivity index (χ2v) is 3.99. The van der Waals surface area contributed by atoms with Gasteiger partial charge in [-0.15, -0.1) is 0 Å². The van der Waals surface area contributed by atoms with Crippen LogP contribution in [0.25, 0.3) is 0 Å². The third kappa shape index (κ3) is 4.02. The predicted octanol–water partition coefficient (Wildman–Crippen LogP) is 2.29. The lowest BCUT2D eigenvalue weighted by Gasteiger charge is -2.20. The van der Waals surface area contributed by atoms with E-state index in [-0.39, 0.29) is 0 Å². The highest BCUT2D eigenvalue weighted by molar-refractivity contribution is 5.78. The highest BCUT2D eigenvalue weighted by Gasteiger charge is 2.13. The van der Waals surface area contributed by atoms with Gasteiger partial charge in [0.1, 0.15) is 5.82 Å². The minimum atomic E-state index is 0.363. The van der Waals surface area contributed by atoms with Crippen LogP contribution in [0.2, 0.25) is 0 Å². The molecule has 1 aliphatic carbocycles. The number of allylic oxidation sites excluding steroid dienone is 3. The van der Waals surface area contributed by atoms with Gasteiger partial charge >= 0.3 is 0 Å². The average Bonchev–Trinajstić information content (AvgIpc) is 2.18. The van der Waals surface area contributed by atoms with Crippen molar-refractivity contribution in [2.75, 3.05) is 0 Å². The first-order valence-corrected chi connectivity index (χ1v) is 5.17. The number of hydrogen-bond donors (Lipinski definition) is 2. The average molecular weight is 205 g/mol. The monoisotopic (exact) mass is 205 g/mol. The van der Waals surface area contributed by atoms with Gasteiger partial charge in [-0.05, 0) is 37.7 Å². The Morgan fingerprint density at radius 1 is 1.67 bits per heavy atom. The summed E-state index contributed by atoms with van der Waals surface area (Å²) < 4.78 is 0. The van der Waals surface area contributed by atoms with Gasteiger partial charge in [-0.2, -0.15) is 5.10 Å². The van der Waals surface area contributed by atoms with Crippen LogP contribution in [0, 0.1) is 5.92 Å². The van der Waals surface area contributed by atoms with Crippen LogP contribution < -0.4 is 11.2 Å². The maximum absolute atomic E-state index is 5.32. The number of hydrogen-bond acceptors (Lipinski definition) is 3. The number of nitrogens with one attached hydrogen (secondary N) is 1. The molecule has 1 rings (SSSR count). The van der Waals surface area contributed by atoms with Crippen LogP contribution in [0.4, 0.5) is 0 Å². The van der Waals surface area contributed by atoms with Gasteiger partial charge in [-0.25, -0.2) is 0 Å². The second-order valence-electron chi connectivity index (χ2n) is 3.99. The zero-order valence-corrected chi connectivity index (χ0v) is 9.29. The maximum Gasteiger partial charge on any atom is 0.109 e. The van der Waals surface area contributed by atoms with Gasteiger partial charge in [-0.3, -0.25) is 5.43 Å². The van der Waals surface area contributed by atoms with Crippen molar-refractivity contribution in [2.45, 2.75) is 26.2 Å². The lowest BCUT2D eigenvalue weighted by Crippen LogP contribution is -2.13. The standard InChI is InChI=1S/C12H19N3/c1-9(2)12-6-4-11(5-7-12)8-14-15-10(3)13/h4,8,12,15H,1,3,5-7,13H2,2H3/b14-8+/t12-/m1/s1. The molecule has 0 radical (unpaired) electrons. The van der Waals surface area contributed by atoms with Crippen molar-refractivity contribution in [1.29, 1.82) is 0 Å². The third-order valence-corrected chi connectivity index (χ3v) is 2.58. The molecule has 0 saturated heterocycles. The van der Waals surface area contributed by atoms with Gasteiger partial charge < -0.3 is 5.73 Å². The van der Waals surface area contributed by atoms with Crippen molar-refractivity contribution in [2.24, 2.45) is 16.8 Å². The van der Waals surface area contributed by atoms with Crippen molar-refractivity contribution < 1.29 is 0 Å². The minimum Gasteiger partial charge on any atom is -0.385 e. The quantitative estimate of drug-likeness (QED) is 0.420. The Morgan fingerprint density at radius 3 is 2.87 bits per heavy atom. The SMILES string of the molecule is C=C(N)N/N=C/C1=CC[C@@H](C(=C)C)CC1. The highest BCUT2D eigenvalue weighted by Crippen LogP contribution is 2.27. The van der Waals surface area contributed by atoms with Gasteiger partial charge in [0.05, 0.1) is 6.21 Å². The molecule has 0 aliphatic heterocycles. The van der Waals surface area contributed by atoms with E-state index in [0.717, 1.165) is 19.3 Å². The molecule has 82 valence electrons. The third-order valence-electron chi connectivity index (χ3n) is 2.58. The van der Waals surface area contributed by atoms with Crippen LogP contribution in [0.1, 0.15) is 26.2 Å². The van der Waals surface area contributed by atoms with Crippen LogP contribution >= 0.6 is 0 Å². The Morgan fingerprint density at radius 2 is 2.40 bits per heavy atom. The molecule has 1 aliphatic rings. The summed E-state index contributed by atoms with van der Waals surface area (Å²) in [7, 11) is 0. The summed E-state index contributed by atoms with van der Waals surface area (Å²) in [6, 6.07) is 0. The molecular weight excluding hydrogens is 186 g/mol. The summed E-state index contributed by atoms with van der Waals surface area (Å²) in [5.74, 6) is 1.00. The number of rotatable bonds is 4. The molecule has 0 aromatic rings. The number of nitrogens with two attached hydrogens (primary N) is 1. The minimum absolute atomic E-state index is 0.363. The van der Waals surface area contributed by atoms with Gasteiger partial charge in [0, 0.05) is 0 Å². The number of hydrazone groups is 1. The van der Waals surface area contributed by atoms with E-state index in [9.17, 15) is 0 Å². The van der Waals surface area contributed by atoms with E-state index in [1.807, 2.05) is 6.21 Å². The Kier molecular flexibility index (Phi) is 4.16. The van der Waals surface area contributed by atoms with Gasteiger partial charge in [0.2, 0.25) is 0 Å². The molecular formula is C12H19N3. The molecule has 3 nitrogen and oxygen atoms in total. The first-order valence-electron chi connectivity index (χ1n) is 5.17. The van der Waals surface area contributed by atoms with E-state index >= 15 is 0 Å². The molecule has 0 saturated carbocycles. The van der Waals surface area contributed by atoms with Crippen LogP contribution in [-0.2, 0) is 0 Å². The largest absolute Gasteiger partial charge is 0.385 e. The highest BCUT2D eigenvalue weighted by atomic mass is 15.3. The zero-order chi connectivity index (χ0) is 11.3. The lowest BCUT2D eigenvalue weighted by molar-refractivity contribution is 0.548. The van der Waals surface area contributed by atoms with E-state index in [1.54, 1.807) is 0 Å². The molecule has 0 amide bonds. The fraction of sp³-hybridized carbons (Fsp3) is 0.417. The van der Waals surface area contributed by atoms with Crippen LogP contribution in [0.5, 0.6) is 0 Å². The molecule has 0 unspecified atom stereocenters. The first-order chi connectivity index (χ1) is 7.09. The second kappa shape index (κ2) is 5.39. The van der Waals surface area contributed by atoms with Gasteiger partial charge in [-0.1, -0.05) is 24.8 Å². The molecule has 15 heavy (non-hydrogen) atoms. The van der Waals surface area contributed by atoms with Crippen LogP contribution in [-0.4, -0.2) is 6.21 Å². The van der Waals surface area contributed by atoms with E-state index in [1.165, 1.54) is 11.1 Å². The lowest BCUT2D eigenvalue weighted by atomic mass is 9.86. The fourth-order valence-electron chi connectivity index (χ4n) is 1.62. The fourth-order valence-corrected chi connectivity index (χ4v) is 1.62. The predicted molar refractivity (Wildman–Crippen MR) is 65.2 cm³/mol.